The minimum absolute atomic E-state index is 0.00842. The first-order chi connectivity index (χ1) is 21.4. The fraction of sp³-hybridized carbons (Fsp3) is 0.290. The molecule has 0 aliphatic carbocycles. The largest absolute Gasteiger partial charge is 0.487 e. The molecule has 0 spiro atoms. The van der Waals surface area contributed by atoms with Crippen LogP contribution in [0.15, 0.2) is 67.5 Å². The Labute approximate surface area is 253 Å². The summed E-state index contributed by atoms with van der Waals surface area (Å²) in [6.07, 6.45) is 10.1. The first-order valence-corrected chi connectivity index (χ1v) is 14.4. The predicted molar refractivity (Wildman–Crippen MR) is 166 cm³/mol. The number of hydrogen-bond donors (Lipinski definition) is 1. The van der Waals surface area contributed by atoms with Crippen LogP contribution in [0.4, 0.5) is 17.3 Å². The zero-order valence-electron chi connectivity index (χ0n) is 24.7. The fourth-order valence-electron chi connectivity index (χ4n) is 5.54. The first-order valence-electron chi connectivity index (χ1n) is 14.4. The number of fused-ring (bicyclic) bond motifs is 6. The van der Waals surface area contributed by atoms with Gasteiger partial charge < -0.3 is 29.5 Å². The van der Waals surface area contributed by atoms with Gasteiger partial charge in [0.05, 0.1) is 23.1 Å². The number of piperazine rings is 1. The van der Waals surface area contributed by atoms with Crippen LogP contribution >= 0.6 is 0 Å². The third-order valence-electron chi connectivity index (χ3n) is 7.75. The smallest absolute Gasteiger partial charge is 0.246 e. The number of likely N-dealkylation sites (N-methyl/N-ethyl adjacent to an activating group) is 1. The maximum absolute atomic E-state index is 12.8. The van der Waals surface area contributed by atoms with Gasteiger partial charge in [-0.15, -0.1) is 0 Å². The van der Waals surface area contributed by atoms with Crippen molar-refractivity contribution in [3.8, 4) is 17.2 Å². The Kier molecular flexibility index (Phi) is 7.14. The predicted octanol–water partition coefficient (Wildman–Crippen LogP) is 3.44. The normalized spacial score (nSPS) is 16.3. The molecule has 2 aliphatic rings. The second-order valence-corrected chi connectivity index (χ2v) is 11.1. The number of carbonyl (C=O) groups is 1. The van der Waals surface area contributed by atoms with E-state index in [4.69, 9.17) is 14.5 Å². The lowest BCUT2D eigenvalue weighted by Gasteiger charge is -2.44. The lowest BCUT2D eigenvalue weighted by molar-refractivity contribution is -0.127. The number of carbonyl (C=O) groups excluding carboxylic acids is 1. The molecule has 0 unspecified atom stereocenters. The van der Waals surface area contributed by atoms with Crippen molar-refractivity contribution in [1.82, 2.24) is 39.3 Å². The van der Waals surface area contributed by atoms with Crippen LogP contribution in [0.5, 0.6) is 17.2 Å². The monoisotopic (exact) mass is 592 g/mol. The molecular formula is C31H32N10O3. The van der Waals surface area contributed by atoms with Gasteiger partial charge in [-0.3, -0.25) is 4.79 Å². The van der Waals surface area contributed by atoms with E-state index in [1.54, 1.807) is 16.8 Å². The van der Waals surface area contributed by atoms with Crippen molar-refractivity contribution in [3.05, 3.63) is 73.1 Å². The number of nitrogens with zero attached hydrogens (tertiary/aromatic N) is 9. The number of ether oxygens (including phenoxy) is 2. The van der Waals surface area contributed by atoms with Crippen molar-refractivity contribution in [2.24, 2.45) is 0 Å². The number of aryl methyl sites for hydroxylation is 1. The van der Waals surface area contributed by atoms with Crippen LogP contribution < -0.4 is 19.7 Å². The summed E-state index contributed by atoms with van der Waals surface area (Å²) in [7, 11) is 3.95. The van der Waals surface area contributed by atoms with E-state index < -0.39 is 0 Å². The molecular weight excluding hydrogens is 560 g/mol. The molecule has 1 amide bonds. The van der Waals surface area contributed by atoms with E-state index in [1.165, 1.54) is 12.7 Å². The van der Waals surface area contributed by atoms with Gasteiger partial charge in [-0.2, -0.15) is 5.10 Å². The first kappa shape index (κ1) is 27.5. The third kappa shape index (κ3) is 5.33. The molecule has 1 fully saturated rings. The summed E-state index contributed by atoms with van der Waals surface area (Å²) in [4.78, 5) is 36.9. The maximum atomic E-state index is 12.8. The Morgan fingerprint density at radius 1 is 1.14 bits per heavy atom. The molecule has 13 heteroatoms. The van der Waals surface area contributed by atoms with E-state index in [9.17, 15) is 4.79 Å². The van der Waals surface area contributed by atoms with Crippen LogP contribution in [-0.4, -0.2) is 98.2 Å². The zero-order valence-corrected chi connectivity index (χ0v) is 24.7. The number of nitrogens with one attached hydrogen (secondary N) is 1. The molecule has 0 saturated carbocycles. The Hall–Kier alpha value is -5.30. The third-order valence-corrected chi connectivity index (χ3v) is 7.75. The van der Waals surface area contributed by atoms with Gasteiger partial charge in [-0.25, -0.2) is 24.5 Å². The second-order valence-electron chi connectivity index (χ2n) is 11.1. The van der Waals surface area contributed by atoms with Crippen molar-refractivity contribution >= 4 is 39.8 Å². The minimum Gasteiger partial charge on any atom is -0.487 e. The maximum Gasteiger partial charge on any atom is 0.246 e. The van der Waals surface area contributed by atoms with Gasteiger partial charge in [-0.1, -0.05) is 6.08 Å². The van der Waals surface area contributed by atoms with Crippen LogP contribution in [0.2, 0.25) is 0 Å². The lowest BCUT2D eigenvalue weighted by atomic mass is 10.1. The van der Waals surface area contributed by atoms with E-state index in [0.717, 1.165) is 34.7 Å². The van der Waals surface area contributed by atoms with E-state index >= 15 is 0 Å². The Morgan fingerprint density at radius 3 is 2.91 bits per heavy atom. The van der Waals surface area contributed by atoms with E-state index in [0.29, 0.717) is 54.7 Å². The standard InChI is InChI=1S/C31H32N10O3/c1-20-13-21(6-7-25(20)44-23-8-10-41-26(14-23)34-19-36-41)37-30-28-24(33-18-35-30)15-32-31-29(28)43-17-22-16-39(11-12-40(22)31)27(42)5-4-9-38(2)3/h4-8,10,13-15,18-19,22H,9,11-12,16-17H2,1-3H3,(H,33,35,37)/b5-4+/t22-/m0/s1. The molecule has 1 N–H and O–H groups in total. The minimum atomic E-state index is 0.00842. The molecule has 7 rings (SSSR count). The summed E-state index contributed by atoms with van der Waals surface area (Å²) >= 11 is 0. The van der Waals surface area contributed by atoms with Crippen molar-refractivity contribution in [1.29, 1.82) is 0 Å². The van der Waals surface area contributed by atoms with E-state index in [1.807, 2.05) is 73.4 Å². The molecule has 6 heterocycles. The summed E-state index contributed by atoms with van der Waals surface area (Å²) < 4.78 is 14.2. The van der Waals surface area contributed by atoms with Crippen LogP contribution in [-0.2, 0) is 4.79 Å². The number of anilines is 3. The highest BCUT2D eigenvalue weighted by Gasteiger charge is 2.36. The molecule has 2 aliphatic heterocycles. The number of benzene rings is 1. The number of rotatable bonds is 7. The van der Waals surface area contributed by atoms with E-state index in [-0.39, 0.29) is 11.9 Å². The average molecular weight is 593 g/mol. The van der Waals surface area contributed by atoms with Crippen molar-refractivity contribution in [3.63, 3.8) is 0 Å². The van der Waals surface area contributed by atoms with Gasteiger partial charge in [-0.05, 0) is 50.8 Å². The second kappa shape index (κ2) is 11.4. The summed E-state index contributed by atoms with van der Waals surface area (Å²) in [5.74, 6) is 3.44. The molecule has 44 heavy (non-hydrogen) atoms. The number of hydrogen-bond acceptors (Lipinski definition) is 11. The topological polar surface area (TPSA) is 126 Å². The molecule has 4 aromatic heterocycles. The molecule has 13 nitrogen and oxygen atoms in total. The molecule has 0 bridgehead atoms. The van der Waals surface area contributed by atoms with Gasteiger partial charge in [0.1, 0.15) is 36.6 Å². The van der Waals surface area contributed by atoms with E-state index in [2.05, 4.69) is 30.3 Å². The summed E-state index contributed by atoms with van der Waals surface area (Å²) in [5, 5.41) is 8.34. The quantitative estimate of drug-likeness (QED) is 0.279. The number of pyridine rings is 2. The molecule has 1 saturated heterocycles. The van der Waals surface area contributed by atoms with Gasteiger partial charge in [0, 0.05) is 50.2 Å². The molecule has 0 radical (unpaired) electrons. The number of amides is 1. The highest BCUT2D eigenvalue weighted by Crippen LogP contribution is 2.42. The van der Waals surface area contributed by atoms with Gasteiger partial charge in [0.25, 0.3) is 0 Å². The average Bonchev–Trinajstić information content (AvgIpc) is 3.49. The SMILES string of the molecule is Cc1cc(Nc2ncnc3cnc4c(c23)OC[C@@H]2CN(C(=O)/C=C/CN(C)C)CCN42)ccc1Oc1ccn2ncnc2c1. The highest BCUT2D eigenvalue weighted by atomic mass is 16.5. The van der Waals surface area contributed by atoms with Gasteiger partial charge >= 0.3 is 0 Å². The Bertz CT molecular complexity index is 1890. The summed E-state index contributed by atoms with van der Waals surface area (Å²) in [6.45, 7) is 4.98. The molecule has 1 atom stereocenters. The van der Waals surface area contributed by atoms with Crippen LogP contribution in [0, 0.1) is 6.92 Å². The van der Waals surface area contributed by atoms with Crippen LogP contribution in [0.1, 0.15) is 5.56 Å². The summed E-state index contributed by atoms with van der Waals surface area (Å²) in [5.41, 5.74) is 3.18. The zero-order chi connectivity index (χ0) is 30.2. The lowest BCUT2D eigenvalue weighted by Crippen LogP contribution is -2.58. The van der Waals surface area contributed by atoms with Crippen molar-refractivity contribution in [2.75, 3.05) is 57.1 Å². The van der Waals surface area contributed by atoms with Crippen molar-refractivity contribution < 1.29 is 14.3 Å². The fourth-order valence-corrected chi connectivity index (χ4v) is 5.54. The Balaban J connectivity index is 1.11. The van der Waals surface area contributed by atoms with Crippen LogP contribution in [0.3, 0.4) is 0 Å². The van der Waals surface area contributed by atoms with Gasteiger partial charge in [0.2, 0.25) is 5.91 Å². The van der Waals surface area contributed by atoms with Crippen molar-refractivity contribution in [2.45, 2.75) is 13.0 Å². The molecule has 224 valence electrons. The Morgan fingerprint density at radius 2 is 2.05 bits per heavy atom. The molecule has 5 aromatic rings. The molecule has 1 aromatic carbocycles. The number of aromatic nitrogens is 6. The highest BCUT2D eigenvalue weighted by molar-refractivity contribution is 5.99. The van der Waals surface area contributed by atoms with Crippen LogP contribution in [0.25, 0.3) is 16.6 Å². The van der Waals surface area contributed by atoms with Gasteiger partial charge in [0.15, 0.2) is 17.2 Å². The summed E-state index contributed by atoms with van der Waals surface area (Å²) in [6, 6.07) is 9.57.